The van der Waals surface area contributed by atoms with Crippen LogP contribution in [0.25, 0.3) is 0 Å². The number of carbonyl (C=O) groups excluding carboxylic acids is 2. The number of nitrogens with one attached hydrogen (secondary N) is 2. The Kier molecular flexibility index (Phi) is 10.8. The molecule has 10 heteroatoms. The third-order valence-electron chi connectivity index (χ3n) is 5.77. The molecule has 2 amide bonds. The average Bonchev–Trinajstić information content (AvgIpc) is 2.82. The van der Waals surface area contributed by atoms with Gasteiger partial charge in [-0.3, -0.25) is 9.79 Å². The van der Waals surface area contributed by atoms with Gasteiger partial charge in [0.25, 0.3) is 0 Å². The molecule has 4 N–H and O–H groups in total. The summed E-state index contributed by atoms with van der Waals surface area (Å²) in [4.78, 5) is 35.9. The number of hydrogen-bond acceptors (Lipinski definition) is 7. The first kappa shape index (κ1) is 30.0. The number of hydrogen-bond donors (Lipinski definition) is 3. The highest BCUT2D eigenvalue weighted by Gasteiger charge is 2.32. The van der Waals surface area contributed by atoms with Gasteiger partial charge in [0.15, 0.2) is 5.84 Å². The Morgan fingerprint density at radius 1 is 1.30 bits per heavy atom. The standard InChI is InChI=1S/C27H40N6O3S/c1-8-19-20(31-22(34)9-2)11-10-12-21(19)37-24(23(28)29-7)30-15-18-33-16-13-27(6,14-17-33)32-25(35)36-26(3,4)5/h9-12,15,18H,2,8,13-14,16-17H2,1,3-7H3,(H2,28,29)(H,31,34)(H,32,35)/b18-15+,30-24+. The highest BCUT2D eigenvalue weighted by atomic mass is 32.2. The number of aliphatic imine (C=N–C) groups is 2. The lowest BCUT2D eigenvalue weighted by Crippen LogP contribution is -2.53. The number of amides is 2. The van der Waals surface area contributed by atoms with Crippen LogP contribution >= 0.6 is 11.8 Å². The van der Waals surface area contributed by atoms with Crippen LogP contribution in [0.1, 0.15) is 53.0 Å². The normalized spacial score (nSPS) is 16.4. The number of nitrogens with two attached hydrogens (primary N) is 1. The fourth-order valence-corrected chi connectivity index (χ4v) is 4.75. The molecule has 1 aromatic rings. The van der Waals surface area contributed by atoms with Gasteiger partial charge in [-0.1, -0.05) is 31.3 Å². The molecule has 1 heterocycles. The zero-order valence-electron chi connectivity index (χ0n) is 22.8. The summed E-state index contributed by atoms with van der Waals surface area (Å²) in [6.07, 6.45) is 6.78. The van der Waals surface area contributed by atoms with E-state index in [1.54, 1.807) is 13.2 Å². The van der Waals surface area contributed by atoms with Gasteiger partial charge >= 0.3 is 6.09 Å². The van der Waals surface area contributed by atoms with Crippen molar-refractivity contribution in [1.29, 1.82) is 0 Å². The number of likely N-dealkylation sites (tertiary alicyclic amines) is 1. The van der Waals surface area contributed by atoms with Crippen molar-refractivity contribution >= 4 is 40.3 Å². The van der Waals surface area contributed by atoms with Crippen LogP contribution in [0.2, 0.25) is 0 Å². The van der Waals surface area contributed by atoms with Crippen molar-refractivity contribution in [2.75, 3.05) is 25.5 Å². The first-order valence-electron chi connectivity index (χ1n) is 12.3. The van der Waals surface area contributed by atoms with Gasteiger partial charge in [-0.15, -0.1) is 0 Å². The second-order valence-electron chi connectivity index (χ2n) is 10.00. The van der Waals surface area contributed by atoms with Gasteiger partial charge in [0.1, 0.15) is 10.6 Å². The zero-order valence-corrected chi connectivity index (χ0v) is 23.6. The Balaban J connectivity index is 2.09. The largest absolute Gasteiger partial charge is 0.444 e. The van der Waals surface area contributed by atoms with Crippen LogP contribution in [0.4, 0.5) is 10.5 Å². The zero-order chi connectivity index (χ0) is 27.6. The minimum Gasteiger partial charge on any atom is -0.444 e. The SMILES string of the molecule is C=CC(=O)Nc1cccc(SC(=N/C=C/N2CCC(C)(NC(=O)OC(C)(C)C)CC2)/C(N)=N\C)c1CC. The van der Waals surface area contributed by atoms with Crippen molar-refractivity contribution in [1.82, 2.24) is 10.2 Å². The molecular formula is C27H40N6O3S. The Labute approximate surface area is 224 Å². The van der Waals surface area contributed by atoms with E-state index in [0.717, 1.165) is 42.1 Å². The van der Waals surface area contributed by atoms with Crippen LogP contribution in [0.3, 0.4) is 0 Å². The number of anilines is 1. The molecule has 0 unspecified atom stereocenters. The second-order valence-corrected chi connectivity index (χ2v) is 11.0. The third-order valence-corrected chi connectivity index (χ3v) is 6.88. The number of thioether (sulfide) groups is 1. The molecule has 1 aliphatic rings. The van der Waals surface area contributed by atoms with E-state index in [1.807, 2.05) is 59.0 Å². The number of benzene rings is 1. The molecule has 0 atom stereocenters. The maximum absolute atomic E-state index is 12.2. The number of rotatable bonds is 7. The minimum atomic E-state index is -0.528. The van der Waals surface area contributed by atoms with E-state index in [1.165, 1.54) is 17.8 Å². The first-order chi connectivity index (χ1) is 17.4. The number of nitrogens with zero attached hydrogens (tertiary/aromatic N) is 3. The molecule has 1 saturated heterocycles. The molecule has 0 saturated carbocycles. The molecule has 2 rings (SSSR count). The molecule has 1 fully saturated rings. The monoisotopic (exact) mass is 528 g/mol. The molecule has 37 heavy (non-hydrogen) atoms. The summed E-state index contributed by atoms with van der Waals surface area (Å²) in [5, 5.41) is 6.44. The van der Waals surface area contributed by atoms with E-state index < -0.39 is 5.60 Å². The highest BCUT2D eigenvalue weighted by Crippen LogP contribution is 2.30. The molecule has 0 bridgehead atoms. The van der Waals surface area contributed by atoms with Crippen LogP contribution in [0.15, 0.2) is 58.1 Å². The summed E-state index contributed by atoms with van der Waals surface area (Å²) >= 11 is 1.40. The number of carbonyl (C=O) groups is 2. The van der Waals surface area contributed by atoms with Crippen molar-refractivity contribution in [2.45, 2.75) is 69.9 Å². The Morgan fingerprint density at radius 3 is 2.54 bits per heavy atom. The maximum atomic E-state index is 12.2. The van der Waals surface area contributed by atoms with Gasteiger partial charge in [0.2, 0.25) is 5.91 Å². The van der Waals surface area contributed by atoms with Gasteiger partial charge in [-0.05, 0) is 70.7 Å². The molecule has 0 radical (unpaired) electrons. The first-order valence-corrected chi connectivity index (χ1v) is 13.2. The highest BCUT2D eigenvalue weighted by molar-refractivity contribution is 8.15. The van der Waals surface area contributed by atoms with Gasteiger partial charge in [0.05, 0.1) is 0 Å². The van der Waals surface area contributed by atoms with Gasteiger partial charge in [-0.2, -0.15) is 0 Å². The fourth-order valence-electron chi connectivity index (χ4n) is 3.71. The quantitative estimate of drug-likeness (QED) is 0.204. The Hall–Kier alpha value is -3.27. The molecule has 0 aromatic heterocycles. The van der Waals surface area contributed by atoms with E-state index in [9.17, 15) is 9.59 Å². The molecule has 9 nitrogen and oxygen atoms in total. The van der Waals surface area contributed by atoms with Gasteiger partial charge in [0, 0.05) is 48.7 Å². The van der Waals surface area contributed by atoms with E-state index in [2.05, 4.69) is 32.1 Å². The van der Waals surface area contributed by atoms with Crippen LogP contribution in [0.5, 0.6) is 0 Å². The van der Waals surface area contributed by atoms with Crippen LogP contribution in [-0.4, -0.2) is 59.1 Å². The molecule has 202 valence electrons. The Bertz CT molecular complexity index is 1070. The number of piperidine rings is 1. The lowest BCUT2D eigenvalue weighted by atomic mass is 9.90. The lowest BCUT2D eigenvalue weighted by molar-refractivity contribution is -0.111. The van der Waals surface area contributed by atoms with Crippen molar-refractivity contribution in [3.8, 4) is 0 Å². The summed E-state index contributed by atoms with van der Waals surface area (Å²) in [6.45, 7) is 14.7. The molecule has 0 aliphatic carbocycles. The Morgan fingerprint density at radius 2 is 1.97 bits per heavy atom. The smallest absolute Gasteiger partial charge is 0.408 e. The predicted octanol–water partition coefficient (Wildman–Crippen LogP) is 4.70. The summed E-state index contributed by atoms with van der Waals surface area (Å²) in [5.41, 5.74) is 7.02. The van der Waals surface area contributed by atoms with Crippen LogP contribution < -0.4 is 16.4 Å². The molecular weight excluding hydrogens is 488 g/mol. The number of alkyl carbamates (subject to hydrolysis) is 1. The van der Waals surface area contributed by atoms with Crippen molar-refractivity contribution in [2.24, 2.45) is 15.7 Å². The van der Waals surface area contributed by atoms with E-state index in [-0.39, 0.29) is 17.5 Å². The van der Waals surface area contributed by atoms with Gasteiger partial charge < -0.3 is 26.0 Å². The summed E-state index contributed by atoms with van der Waals surface area (Å²) in [6, 6.07) is 5.71. The van der Waals surface area contributed by atoms with E-state index in [4.69, 9.17) is 10.5 Å². The third kappa shape index (κ3) is 9.60. The average molecular weight is 529 g/mol. The minimum absolute atomic E-state index is 0.262. The van der Waals surface area contributed by atoms with Crippen LogP contribution in [-0.2, 0) is 16.0 Å². The summed E-state index contributed by atoms with van der Waals surface area (Å²) in [5.74, 6) is 0.0623. The summed E-state index contributed by atoms with van der Waals surface area (Å²) < 4.78 is 5.41. The number of ether oxygens (including phenoxy) is 1. The second kappa shape index (κ2) is 13.3. The van der Waals surface area contributed by atoms with Crippen molar-refractivity contribution < 1.29 is 14.3 Å². The van der Waals surface area contributed by atoms with Crippen LogP contribution in [0, 0.1) is 0 Å². The van der Waals surface area contributed by atoms with E-state index >= 15 is 0 Å². The van der Waals surface area contributed by atoms with Crippen molar-refractivity contribution in [3.05, 3.63) is 48.8 Å². The fraction of sp³-hybridized carbons (Fsp3) is 0.481. The maximum Gasteiger partial charge on any atom is 0.408 e. The molecule has 1 aromatic carbocycles. The van der Waals surface area contributed by atoms with Gasteiger partial charge in [-0.25, -0.2) is 9.79 Å². The van der Waals surface area contributed by atoms with Crippen molar-refractivity contribution in [3.63, 3.8) is 0 Å². The predicted molar refractivity (Wildman–Crippen MR) is 153 cm³/mol. The number of amidine groups is 1. The molecule has 0 spiro atoms. The van der Waals surface area contributed by atoms with E-state index in [0.29, 0.717) is 17.3 Å². The lowest BCUT2D eigenvalue weighted by Gasteiger charge is -2.39. The topological polar surface area (TPSA) is 121 Å². The summed E-state index contributed by atoms with van der Waals surface area (Å²) in [7, 11) is 1.62. The molecule has 1 aliphatic heterocycles.